The maximum atomic E-state index is 8.81. The summed E-state index contributed by atoms with van der Waals surface area (Å²) >= 11 is 0. The van der Waals surface area contributed by atoms with Crippen molar-refractivity contribution in [3.63, 3.8) is 0 Å². The van der Waals surface area contributed by atoms with E-state index in [-0.39, 0.29) is 5.41 Å². The maximum Gasteiger partial charge on any atom is 0.0632 e. The summed E-state index contributed by atoms with van der Waals surface area (Å²) in [6, 6.07) is 0. The first-order chi connectivity index (χ1) is 5.48. The third kappa shape index (κ3) is 0.838. The highest BCUT2D eigenvalue weighted by molar-refractivity contribution is 5.92. The molecule has 0 radical (unpaired) electrons. The first kappa shape index (κ1) is 8.09. The average Bonchev–Trinajstić information content (AvgIpc) is 2.34. The highest BCUT2D eigenvalue weighted by Gasteiger charge is 2.55. The zero-order valence-corrected chi connectivity index (χ0v) is 8.09. The fraction of sp³-hybridized carbons (Fsp3) is 0.900. The van der Waals surface area contributed by atoms with Crippen LogP contribution >= 0.6 is 0 Å². The molecule has 0 unspecified atom stereocenters. The zero-order chi connectivity index (χ0) is 8.98. The molecule has 2 heteroatoms. The molecule has 1 N–H and O–H groups in total. The Morgan fingerprint density at radius 2 is 2.08 bits per heavy atom. The second kappa shape index (κ2) is 2.04. The molecule has 12 heavy (non-hydrogen) atoms. The molecule has 0 aromatic rings. The minimum atomic E-state index is 0.211. The number of oxime groups is 1. The highest BCUT2D eigenvalue weighted by Crippen LogP contribution is 2.60. The number of hydrogen-bond acceptors (Lipinski definition) is 2. The minimum absolute atomic E-state index is 0.211. The Morgan fingerprint density at radius 1 is 1.42 bits per heavy atom. The van der Waals surface area contributed by atoms with E-state index in [0.29, 0.717) is 5.41 Å². The average molecular weight is 167 g/mol. The molecule has 0 amide bonds. The van der Waals surface area contributed by atoms with E-state index < -0.39 is 0 Å². The lowest BCUT2D eigenvalue weighted by molar-refractivity contribution is 0.237. The summed E-state index contributed by atoms with van der Waals surface area (Å²) in [5, 5.41) is 12.2. The van der Waals surface area contributed by atoms with Gasteiger partial charge in [-0.05, 0) is 30.6 Å². The summed E-state index contributed by atoms with van der Waals surface area (Å²) in [5.41, 5.74) is 1.71. The Balaban J connectivity index is 2.33. The Morgan fingerprint density at radius 3 is 2.42 bits per heavy atom. The van der Waals surface area contributed by atoms with E-state index in [4.69, 9.17) is 5.21 Å². The number of rotatable bonds is 0. The van der Waals surface area contributed by atoms with Gasteiger partial charge in [0.2, 0.25) is 0 Å². The fourth-order valence-corrected chi connectivity index (χ4v) is 3.25. The Labute approximate surface area is 73.7 Å². The SMILES string of the molecule is CC1(C)C[C@@]2(C)C[C@@H]1C/C2=N\O. The Hall–Kier alpha value is -0.530. The van der Waals surface area contributed by atoms with Crippen LogP contribution in [0.5, 0.6) is 0 Å². The monoisotopic (exact) mass is 167 g/mol. The number of nitrogens with zero attached hydrogens (tertiary/aromatic N) is 1. The number of fused-ring (bicyclic) bond motifs is 2. The quantitative estimate of drug-likeness (QED) is 0.436. The van der Waals surface area contributed by atoms with Crippen molar-refractivity contribution in [2.45, 2.75) is 40.0 Å². The van der Waals surface area contributed by atoms with Crippen LogP contribution in [-0.4, -0.2) is 10.9 Å². The predicted octanol–water partition coefficient (Wildman–Crippen LogP) is 2.66. The molecular weight excluding hydrogens is 150 g/mol. The van der Waals surface area contributed by atoms with Crippen LogP contribution in [0.3, 0.4) is 0 Å². The summed E-state index contributed by atoms with van der Waals surface area (Å²) in [6.45, 7) is 6.89. The summed E-state index contributed by atoms with van der Waals surface area (Å²) in [5.74, 6) is 0.744. The summed E-state index contributed by atoms with van der Waals surface area (Å²) < 4.78 is 0. The molecule has 0 aliphatic heterocycles. The zero-order valence-electron chi connectivity index (χ0n) is 8.09. The van der Waals surface area contributed by atoms with E-state index in [0.717, 1.165) is 18.1 Å². The molecule has 2 aliphatic carbocycles. The van der Waals surface area contributed by atoms with E-state index in [9.17, 15) is 0 Å². The van der Waals surface area contributed by atoms with Crippen LogP contribution in [0.25, 0.3) is 0 Å². The van der Waals surface area contributed by atoms with Gasteiger partial charge in [-0.3, -0.25) is 0 Å². The molecule has 0 aromatic carbocycles. The summed E-state index contributed by atoms with van der Waals surface area (Å²) in [4.78, 5) is 0. The maximum absolute atomic E-state index is 8.81. The fourth-order valence-electron chi connectivity index (χ4n) is 3.25. The molecule has 0 heterocycles. The first-order valence-electron chi connectivity index (χ1n) is 4.69. The molecule has 2 fully saturated rings. The van der Waals surface area contributed by atoms with Crippen LogP contribution in [0.1, 0.15) is 40.0 Å². The number of hydrogen-bond donors (Lipinski definition) is 1. The van der Waals surface area contributed by atoms with Gasteiger partial charge < -0.3 is 5.21 Å². The standard InChI is InChI=1S/C10H17NO/c1-9(2)6-10(3)5-7(9)4-8(10)11-12/h7,12H,4-6H2,1-3H3/b11-8+/t7-,10+/m0/s1. The van der Waals surface area contributed by atoms with Gasteiger partial charge >= 0.3 is 0 Å². The van der Waals surface area contributed by atoms with Crippen LogP contribution in [0, 0.1) is 16.7 Å². The molecule has 2 nitrogen and oxygen atoms in total. The van der Waals surface area contributed by atoms with E-state index in [2.05, 4.69) is 25.9 Å². The smallest absolute Gasteiger partial charge is 0.0632 e. The molecule has 0 spiro atoms. The lowest BCUT2D eigenvalue weighted by atomic mass is 9.72. The van der Waals surface area contributed by atoms with Crippen molar-refractivity contribution in [1.82, 2.24) is 0 Å². The van der Waals surface area contributed by atoms with Crippen molar-refractivity contribution < 1.29 is 5.21 Å². The first-order valence-corrected chi connectivity index (χ1v) is 4.69. The van der Waals surface area contributed by atoms with Crippen molar-refractivity contribution in [2.75, 3.05) is 0 Å². The van der Waals surface area contributed by atoms with Crippen LogP contribution in [0.15, 0.2) is 5.16 Å². The lowest BCUT2D eigenvalue weighted by Crippen LogP contribution is -2.30. The van der Waals surface area contributed by atoms with Gasteiger partial charge in [-0.1, -0.05) is 25.9 Å². The van der Waals surface area contributed by atoms with Crippen molar-refractivity contribution in [3.8, 4) is 0 Å². The molecule has 0 aromatic heterocycles. The predicted molar refractivity (Wildman–Crippen MR) is 48.5 cm³/mol. The second-order valence-corrected chi connectivity index (χ2v) is 5.38. The highest BCUT2D eigenvalue weighted by atomic mass is 16.4. The van der Waals surface area contributed by atoms with Crippen molar-refractivity contribution in [2.24, 2.45) is 21.9 Å². The third-order valence-corrected chi connectivity index (χ3v) is 3.91. The van der Waals surface area contributed by atoms with Crippen molar-refractivity contribution in [1.29, 1.82) is 0 Å². The van der Waals surface area contributed by atoms with E-state index in [1.165, 1.54) is 12.8 Å². The lowest BCUT2D eigenvalue weighted by Gasteiger charge is -2.33. The topological polar surface area (TPSA) is 32.6 Å². The van der Waals surface area contributed by atoms with Crippen molar-refractivity contribution >= 4 is 5.71 Å². The van der Waals surface area contributed by atoms with Gasteiger partial charge in [-0.25, -0.2) is 0 Å². The van der Waals surface area contributed by atoms with Gasteiger partial charge in [0.1, 0.15) is 0 Å². The largest absolute Gasteiger partial charge is 0.411 e. The Kier molecular flexibility index (Phi) is 1.37. The minimum Gasteiger partial charge on any atom is -0.411 e. The van der Waals surface area contributed by atoms with Crippen LogP contribution < -0.4 is 0 Å². The molecule has 2 bridgehead atoms. The van der Waals surface area contributed by atoms with Crippen LogP contribution in [-0.2, 0) is 0 Å². The summed E-state index contributed by atoms with van der Waals surface area (Å²) in [6.07, 6.45) is 3.42. The van der Waals surface area contributed by atoms with Crippen molar-refractivity contribution in [3.05, 3.63) is 0 Å². The van der Waals surface area contributed by atoms with Gasteiger partial charge in [0, 0.05) is 5.41 Å². The second-order valence-electron chi connectivity index (χ2n) is 5.38. The molecular formula is C10H17NO. The van der Waals surface area contributed by atoms with Gasteiger partial charge in [0.25, 0.3) is 0 Å². The van der Waals surface area contributed by atoms with Gasteiger partial charge in [0.05, 0.1) is 5.71 Å². The molecule has 2 saturated carbocycles. The van der Waals surface area contributed by atoms with Gasteiger partial charge in [-0.15, -0.1) is 0 Å². The van der Waals surface area contributed by atoms with Gasteiger partial charge in [-0.2, -0.15) is 0 Å². The Bertz CT molecular complexity index is 244. The van der Waals surface area contributed by atoms with E-state index >= 15 is 0 Å². The third-order valence-electron chi connectivity index (χ3n) is 3.91. The molecule has 68 valence electrons. The van der Waals surface area contributed by atoms with Crippen LogP contribution in [0.2, 0.25) is 0 Å². The summed E-state index contributed by atoms with van der Waals surface area (Å²) in [7, 11) is 0. The normalized spacial score (nSPS) is 47.2. The van der Waals surface area contributed by atoms with Gasteiger partial charge in [0.15, 0.2) is 0 Å². The molecule has 0 saturated heterocycles. The van der Waals surface area contributed by atoms with Crippen LogP contribution in [0.4, 0.5) is 0 Å². The molecule has 2 aliphatic rings. The van der Waals surface area contributed by atoms with E-state index in [1.807, 2.05) is 0 Å². The van der Waals surface area contributed by atoms with E-state index in [1.54, 1.807) is 0 Å². The molecule has 2 atom stereocenters. The molecule has 2 rings (SSSR count).